The van der Waals surface area contributed by atoms with Gasteiger partial charge in [0.2, 0.25) is 0 Å². The lowest BCUT2D eigenvalue weighted by Gasteiger charge is -2.47. The number of hydrogen-bond donors (Lipinski definition) is 0. The zero-order valence-electron chi connectivity index (χ0n) is 10.8. The van der Waals surface area contributed by atoms with Crippen molar-refractivity contribution < 1.29 is 4.74 Å². The maximum Gasteiger partial charge on any atom is 0.0679 e. The minimum Gasteiger partial charge on any atom is -0.378 e. The number of pyridine rings is 1. The van der Waals surface area contributed by atoms with Crippen molar-refractivity contribution in [2.75, 3.05) is 25.4 Å². The third-order valence-electron chi connectivity index (χ3n) is 3.73. The topological polar surface area (TPSA) is 25.4 Å². The lowest BCUT2D eigenvalue weighted by molar-refractivity contribution is 0.0417. The lowest BCUT2D eigenvalue weighted by Crippen LogP contribution is -2.58. The summed E-state index contributed by atoms with van der Waals surface area (Å²) in [6.07, 6.45) is 5.52. The van der Waals surface area contributed by atoms with Crippen molar-refractivity contribution in [3.63, 3.8) is 0 Å². The molecule has 0 amide bonds. The van der Waals surface area contributed by atoms with Crippen LogP contribution in [0.15, 0.2) is 24.5 Å². The van der Waals surface area contributed by atoms with E-state index in [-0.39, 0.29) is 0 Å². The maximum atomic E-state index is 5.74. The van der Waals surface area contributed by atoms with Gasteiger partial charge in [-0.25, -0.2) is 0 Å². The summed E-state index contributed by atoms with van der Waals surface area (Å²) in [4.78, 5) is 6.68. The van der Waals surface area contributed by atoms with Gasteiger partial charge in [-0.3, -0.25) is 9.88 Å². The molecule has 98 valence electrons. The molecule has 0 aromatic carbocycles. The molecule has 0 bridgehead atoms. The predicted molar refractivity (Wildman–Crippen MR) is 74.7 cm³/mol. The van der Waals surface area contributed by atoms with Gasteiger partial charge in [-0.2, -0.15) is 0 Å². The van der Waals surface area contributed by atoms with E-state index in [1.807, 2.05) is 18.5 Å². The van der Waals surface area contributed by atoms with E-state index in [4.69, 9.17) is 4.74 Å². The quantitative estimate of drug-likeness (QED) is 0.832. The molecule has 4 heteroatoms. The number of nitrogens with zero attached hydrogens (tertiary/aromatic N) is 2. The van der Waals surface area contributed by atoms with E-state index in [2.05, 4.69) is 34.6 Å². The van der Waals surface area contributed by atoms with Gasteiger partial charge in [-0.05, 0) is 25.0 Å². The maximum absolute atomic E-state index is 5.74. The van der Waals surface area contributed by atoms with Crippen LogP contribution in [0.25, 0.3) is 0 Å². The summed E-state index contributed by atoms with van der Waals surface area (Å²) in [6.45, 7) is 6.38. The fourth-order valence-corrected chi connectivity index (χ4v) is 4.60. The molecule has 0 radical (unpaired) electrons. The van der Waals surface area contributed by atoms with Crippen LogP contribution in [0.2, 0.25) is 0 Å². The molecule has 1 spiro atoms. The van der Waals surface area contributed by atoms with E-state index in [1.165, 1.54) is 30.8 Å². The molecular formula is C14H20N2OS. The smallest absolute Gasteiger partial charge is 0.0679 e. The average Bonchev–Trinajstić information content (AvgIpc) is 2.75. The Morgan fingerprint density at radius 1 is 1.56 bits per heavy atom. The Hall–Kier alpha value is -0.580. The van der Waals surface area contributed by atoms with Gasteiger partial charge < -0.3 is 4.74 Å². The Morgan fingerprint density at radius 3 is 3.17 bits per heavy atom. The molecule has 2 aliphatic rings. The van der Waals surface area contributed by atoms with Crippen molar-refractivity contribution >= 4 is 11.8 Å². The minimum atomic E-state index is 0.487. The molecule has 0 aliphatic carbocycles. The van der Waals surface area contributed by atoms with Gasteiger partial charge in [-0.15, -0.1) is 11.8 Å². The Labute approximate surface area is 113 Å². The van der Waals surface area contributed by atoms with Gasteiger partial charge in [0.25, 0.3) is 0 Å². The van der Waals surface area contributed by atoms with Crippen molar-refractivity contribution in [3.8, 4) is 0 Å². The number of thioether (sulfide) groups is 1. The van der Waals surface area contributed by atoms with Crippen LogP contribution in [0.4, 0.5) is 0 Å². The fourth-order valence-electron chi connectivity index (χ4n) is 3.00. The third kappa shape index (κ3) is 2.56. The normalized spacial score (nSPS) is 26.4. The predicted octanol–water partition coefficient (Wildman–Crippen LogP) is 2.18. The molecule has 3 nitrogen and oxygen atoms in total. The molecule has 1 aromatic rings. The third-order valence-corrected chi connectivity index (χ3v) is 5.31. The van der Waals surface area contributed by atoms with Crippen molar-refractivity contribution in [3.05, 3.63) is 30.1 Å². The van der Waals surface area contributed by atoms with Gasteiger partial charge in [-0.1, -0.05) is 6.07 Å². The molecule has 0 N–H and O–H groups in total. The number of aromatic nitrogens is 1. The van der Waals surface area contributed by atoms with E-state index in [0.29, 0.717) is 10.9 Å². The summed E-state index contributed by atoms with van der Waals surface area (Å²) >= 11 is 2.11. The van der Waals surface area contributed by atoms with E-state index < -0.39 is 0 Å². The molecule has 1 atom stereocenters. The molecule has 2 fully saturated rings. The highest BCUT2D eigenvalue weighted by Crippen LogP contribution is 2.46. The first-order valence-corrected chi connectivity index (χ1v) is 7.65. The van der Waals surface area contributed by atoms with E-state index in [0.717, 1.165) is 13.2 Å². The highest BCUT2D eigenvalue weighted by Gasteiger charge is 2.48. The van der Waals surface area contributed by atoms with Crippen molar-refractivity contribution in [2.45, 2.75) is 30.7 Å². The summed E-state index contributed by atoms with van der Waals surface area (Å²) < 4.78 is 6.23. The van der Waals surface area contributed by atoms with Gasteiger partial charge in [0.1, 0.15) is 0 Å². The Kier molecular flexibility index (Phi) is 3.59. The largest absolute Gasteiger partial charge is 0.378 e. The van der Waals surface area contributed by atoms with Gasteiger partial charge >= 0.3 is 0 Å². The second kappa shape index (κ2) is 5.19. The second-order valence-electron chi connectivity index (χ2n) is 5.28. The Bertz CT molecular complexity index is 392. The van der Waals surface area contributed by atoms with Crippen molar-refractivity contribution in [1.82, 2.24) is 9.88 Å². The molecule has 2 aliphatic heterocycles. The Balaban J connectivity index is 1.49. The molecular weight excluding hydrogens is 244 g/mol. The summed E-state index contributed by atoms with van der Waals surface area (Å²) in [5, 5.41) is 0. The number of rotatable bonds is 4. The lowest BCUT2D eigenvalue weighted by atomic mass is 9.92. The first kappa shape index (κ1) is 12.5. The highest BCUT2D eigenvalue weighted by atomic mass is 32.2. The number of hydrogen-bond acceptors (Lipinski definition) is 4. The van der Waals surface area contributed by atoms with Gasteiger partial charge in [0.15, 0.2) is 0 Å². The summed E-state index contributed by atoms with van der Waals surface area (Å²) in [5.41, 5.74) is 1.32. The van der Waals surface area contributed by atoms with Crippen LogP contribution in [-0.4, -0.2) is 46.2 Å². The summed E-state index contributed by atoms with van der Waals surface area (Å²) in [7, 11) is 0. The van der Waals surface area contributed by atoms with E-state index in [1.54, 1.807) is 0 Å². The molecule has 3 rings (SSSR count). The molecule has 18 heavy (non-hydrogen) atoms. The zero-order valence-corrected chi connectivity index (χ0v) is 11.7. The standard InChI is InChI=1S/C14H20N2OS/c1-2-17-13-6-14(18-9-13)10-16(11-14)8-12-4-3-5-15-7-12/h3-5,7,13H,2,6,8-11H2,1H3. The van der Waals surface area contributed by atoms with E-state index >= 15 is 0 Å². The molecule has 2 saturated heterocycles. The zero-order chi connectivity index (χ0) is 12.4. The van der Waals surface area contributed by atoms with Crippen LogP contribution in [0.3, 0.4) is 0 Å². The van der Waals surface area contributed by atoms with Crippen LogP contribution < -0.4 is 0 Å². The fraction of sp³-hybridized carbons (Fsp3) is 0.643. The summed E-state index contributed by atoms with van der Waals surface area (Å²) in [5.74, 6) is 1.18. The number of ether oxygens (including phenoxy) is 1. The molecule has 1 aromatic heterocycles. The van der Waals surface area contributed by atoms with Crippen LogP contribution >= 0.6 is 11.8 Å². The van der Waals surface area contributed by atoms with Crippen LogP contribution in [0, 0.1) is 0 Å². The SMILES string of the molecule is CCOC1CSC2(C1)CN(Cc1cccnc1)C2. The molecule has 3 heterocycles. The second-order valence-corrected chi connectivity index (χ2v) is 6.77. The van der Waals surface area contributed by atoms with Gasteiger partial charge in [0, 0.05) is 49.1 Å². The van der Waals surface area contributed by atoms with Crippen LogP contribution in [0.5, 0.6) is 0 Å². The van der Waals surface area contributed by atoms with Crippen molar-refractivity contribution in [2.24, 2.45) is 0 Å². The first-order valence-electron chi connectivity index (χ1n) is 6.66. The average molecular weight is 264 g/mol. The van der Waals surface area contributed by atoms with Crippen LogP contribution in [-0.2, 0) is 11.3 Å². The minimum absolute atomic E-state index is 0.487. The van der Waals surface area contributed by atoms with Crippen LogP contribution in [0.1, 0.15) is 18.9 Å². The van der Waals surface area contributed by atoms with E-state index in [9.17, 15) is 0 Å². The van der Waals surface area contributed by atoms with Crippen molar-refractivity contribution in [1.29, 1.82) is 0 Å². The highest BCUT2D eigenvalue weighted by molar-refractivity contribution is 8.01. The molecule has 0 saturated carbocycles. The number of likely N-dealkylation sites (tertiary alicyclic amines) is 1. The summed E-state index contributed by atoms with van der Waals surface area (Å²) in [6, 6.07) is 4.17. The van der Waals surface area contributed by atoms with Gasteiger partial charge in [0.05, 0.1) is 6.10 Å². The molecule has 1 unspecified atom stereocenters. The monoisotopic (exact) mass is 264 g/mol. The first-order chi connectivity index (χ1) is 8.80. The Morgan fingerprint density at radius 2 is 2.44 bits per heavy atom.